The summed E-state index contributed by atoms with van der Waals surface area (Å²) in [5.74, 6) is -0.109. The first-order chi connectivity index (χ1) is 6.53. The Hall–Kier alpha value is -1.35. The molecule has 0 aliphatic heterocycles. The van der Waals surface area contributed by atoms with Gasteiger partial charge in [-0.05, 0) is 12.8 Å². The Morgan fingerprint density at radius 1 is 1.71 bits per heavy atom. The summed E-state index contributed by atoms with van der Waals surface area (Å²) < 4.78 is 25.4. The van der Waals surface area contributed by atoms with Crippen molar-refractivity contribution in [3.8, 4) is 6.07 Å². The molecule has 1 unspecified atom stereocenters. The van der Waals surface area contributed by atoms with Gasteiger partial charge < -0.3 is 0 Å². The normalized spacial score (nSPS) is 22.0. The van der Waals surface area contributed by atoms with Gasteiger partial charge in [0.25, 0.3) is 0 Å². The minimum Gasteiger partial charge on any atom is -0.268 e. The first-order valence-corrected chi connectivity index (χ1v) is 5.88. The van der Waals surface area contributed by atoms with Crippen molar-refractivity contribution in [2.24, 2.45) is 11.1 Å². The van der Waals surface area contributed by atoms with Crippen molar-refractivity contribution in [3.05, 3.63) is 12.2 Å². The minimum atomic E-state index is -3.62. The first-order valence-electron chi connectivity index (χ1n) is 4.06. The van der Waals surface area contributed by atoms with Gasteiger partial charge in [0.2, 0.25) is 0 Å². The Balaban J connectivity index is 2.72. The van der Waals surface area contributed by atoms with Gasteiger partial charge in [0.05, 0.1) is 6.26 Å². The molecule has 0 N–H and O–H groups in total. The van der Waals surface area contributed by atoms with E-state index >= 15 is 0 Å². The molecule has 0 fully saturated rings. The summed E-state index contributed by atoms with van der Waals surface area (Å²) in [6, 6.07) is 1.83. The van der Waals surface area contributed by atoms with Gasteiger partial charge in [0, 0.05) is 5.92 Å². The lowest BCUT2D eigenvalue weighted by Crippen LogP contribution is -2.09. The molecule has 0 saturated carbocycles. The van der Waals surface area contributed by atoms with Crippen LogP contribution in [0.15, 0.2) is 17.3 Å². The number of hydrogen-bond donors (Lipinski definition) is 0. The van der Waals surface area contributed by atoms with E-state index in [1.165, 1.54) is 0 Å². The first kappa shape index (κ1) is 10.7. The quantitative estimate of drug-likeness (QED) is 0.395. The van der Waals surface area contributed by atoms with Crippen LogP contribution in [-0.4, -0.2) is 20.4 Å². The molecule has 1 rings (SSSR count). The lowest BCUT2D eigenvalue weighted by molar-refractivity contribution is 0.341. The van der Waals surface area contributed by atoms with Crippen LogP contribution in [0.25, 0.3) is 0 Å². The summed E-state index contributed by atoms with van der Waals surface area (Å²) in [6.07, 6.45) is 6.30. The number of nitrogens with zero attached hydrogens (tertiary/aromatic N) is 2. The van der Waals surface area contributed by atoms with Crippen molar-refractivity contribution in [3.63, 3.8) is 0 Å². The molecule has 0 heterocycles. The van der Waals surface area contributed by atoms with Crippen LogP contribution in [0.3, 0.4) is 0 Å². The van der Waals surface area contributed by atoms with Crippen molar-refractivity contribution in [1.82, 2.24) is 0 Å². The topological polar surface area (TPSA) is 79.5 Å². The predicted octanol–water partition coefficient (Wildman–Crippen LogP) is 0.808. The molecule has 1 atom stereocenters. The zero-order valence-electron chi connectivity index (χ0n) is 7.67. The highest BCUT2D eigenvalue weighted by Crippen LogP contribution is 2.18. The highest BCUT2D eigenvalue weighted by Gasteiger charge is 2.17. The molecule has 0 saturated heterocycles. The smallest absolute Gasteiger partial charge is 0.268 e. The summed E-state index contributed by atoms with van der Waals surface area (Å²) in [6.45, 7) is 0. The highest BCUT2D eigenvalue weighted by atomic mass is 32.2. The lowest BCUT2D eigenvalue weighted by Gasteiger charge is -2.02. The van der Waals surface area contributed by atoms with Gasteiger partial charge in [-0.3, -0.25) is 4.28 Å². The Kier molecular flexibility index (Phi) is 3.25. The van der Waals surface area contributed by atoms with Crippen LogP contribution < -0.4 is 0 Å². The van der Waals surface area contributed by atoms with Crippen LogP contribution in [0.4, 0.5) is 0 Å². The molecular formula is C8H10N2O3S. The van der Waals surface area contributed by atoms with Gasteiger partial charge in [-0.2, -0.15) is 13.7 Å². The van der Waals surface area contributed by atoms with E-state index in [1.54, 1.807) is 0 Å². The maximum absolute atomic E-state index is 10.6. The van der Waals surface area contributed by atoms with E-state index in [-0.39, 0.29) is 11.6 Å². The van der Waals surface area contributed by atoms with Crippen LogP contribution in [0.1, 0.15) is 12.8 Å². The molecular weight excluding hydrogens is 204 g/mol. The molecule has 0 spiro atoms. The van der Waals surface area contributed by atoms with Crippen molar-refractivity contribution >= 4 is 15.8 Å². The molecule has 0 bridgehead atoms. The monoisotopic (exact) mass is 214 g/mol. The van der Waals surface area contributed by atoms with Crippen LogP contribution in [0.2, 0.25) is 0 Å². The Morgan fingerprint density at radius 3 is 2.86 bits per heavy atom. The van der Waals surface area contributed by atoms with E-state index < -0.39 is 10.1 Å². The van der Waals surface area contributed by atoms with Crippen molar-refractivity contribution in [1.29, 1.82) is 5.26 Å². The van der Waals surface area contributed by atoms with Gasteiger partial charge in [-0.1, -0.05) is 17.3 Å². The second kappa shape index (κ2) is 4.24. The molecule has 76 valence electrons. The van der Waals surface area contributed by atoms with Gasteiger partial charge in [-0.25, -0.2) is 0 Å². The highest BCUT2D eigenvalue weighted by molar-refractivity contribution is 7.85. The van der Waals surface area contributed by atoms with Crippen LogP contribution in [0.5, 0.6) is 0 Å². The van der Waals surface area contributed by atoms with Crippen molar-refractivity contribution in [2.75, 3.05) is 6.26 Å². The van der Waals surface area contributed by atoms with E-state index in [1.807, 2.05) is 18.2 Å². The summed E-state index contributed by atoms with van der Waals surface area (Å²) in [4.78, 5) is 0. The summed E-state index contributed by atoms with van der Waals surface area (Å²) in [7, 11) is -3.62. The van der Waals surface area contributed by atoms with Gasteiger partial charge >= 0.3 is 10.1 Å². The Labute approximate surface area is 82.8 Å². The summed E-state index contributed by atoms with van der Waals surface area (Å²) in [5.41, 5.74) is 0.101. The second-order valence-corrected chi connectivity index (χ2v) is 4.54. The van der Waals surface area contributed by atoms with Crippen LogP contribution in [0, 0.1) is 17.2 Å². The van der Waals surface area contributed by atoms with Crippen molar-refractivity contribution < 1.29 is 12.7 Å². The van der Waals surface area contributed by atoms with E-state index in [0.717, 1.165) is 19.1 Å². The van der Waals surface area contributed by atoms with Crippen molar-refractivity contribution in [2.45, 2.75) is 12.8 Å². The number of nitriles is 1. The molecule has 1 aliphatic carbocycles. The number of rotatable bonds is 3. The Bertz CT molecular complexity index is 403. The second-order valence-electron chi connectivity index (χ2n) is 2.98. The third-order valence-corrected chi connectivity index (χ3v) is 2.09. The van der Waals surface area contributed by atoms with Gasteiger partial charge in [0.1, 0.15) is 6.07 Å². The lowest BCUT2D eigenvalue weighted by atomic mass is 10.0. The number of allylic oxidation sites excluding steroid dienone is 2. The molecule has 0 amide bonds. The van der Waals surface area contributed by atoms with E-state index in [2.05, 4.69) is 9.44 Å². The van der Waals surface area contributed by atoms with E-state index in [0.29, 0.717) is 0 Å². The maximum atomic E-state index is 10.6. The zero-order valence-corrected chi connectivity index (χ0v) is 8.49. The molecule has 6 heteroatoms. The van der Waals surface area contributed by atoms with Gasteiger partial charge in [0.15, 0.2) is 5.71 Å². The standard InChI is InChI=1S/C8H10N2O3S/c1-14(11,12)13-10-8(6-9)7-4-2-3-5-7/h2,4,7H,3,5H2,1H3. The molecule has 0 aromatic carbocycles. The Morgan fingerprint density at radius 2 is 2.43 bits per heavy atom. The molecule has 0 aromatic rings. The fourth-order valence-corrected chi connectivity index (χ4v) is 1.35. The van der Waals surface area contributed by atoms with Crippen LogP contribution >= 0.6 is 0 Å². The zero-order chi connectivity index (χ0) is 10.6. The van der Waals surface area contributed by atoms with E-state index in [4.69, 9.17) is 5.26 Å². The number of hydrogen-bond acceptors (Lipinski definition) is 5. The molecule has 5 nitrogen and oxygen atoms in total. The largest absolute Gasteiger partial charge is 0.325 e. The average Bonchev–Trinajstić information content (AvgIpc) is 2.56. The third kappa shape index (κ3) is 3.18. The molecule has 14 heavy (non-hydrogen) atoms. The average molecular weight is 214 g/mol. The number of oxime groups is 1. The summed E-state index contributed by atoms with van der Waals surface area (Å²) in [5, 5.41) is 12.0. The molecule has 0 radical (unpaired) electrons. The maximum Gasteiger partial charge on any atom is 0.325 e. The van der Waals surface area contributed by atoms with E-state index in [9.17, 15) is 8.42 Å². The molecule has 0 aromatic heterocycles. The summed E-state index contributed by atoms with van der Waals surface area (Å²) >= 11 is 0. The molecule has 1 aliphatic rings. The van der Waals surface area contributed by atoms with Gasteiger partial charge in [-0.15, -0.1) is 0 Å². The fourth-order valence-electron chi connectivity index (χ4n) is 1.14. The third-order valence-electron chi connectivity index (χ3n) is 1.75. The minimum absolute atomic E-state index is 0.101. The van der Waals surface area contributed by atoms with Crippen LogP contribution in [-0.2, 0) is 14.4 Å². The SMILES string of the molecule is CS(=O)(=O)ON=C(C#N)C1C=CCC1. The predicted molar refractivity (Wildman–Crippen MR) is 50.8 cm³/mol. The fraction of sp³-hybridized carbons (Fsp3) is 0.500.